The predicted molar refractivity (Wildman–Crippen MR) is 119 cm³/mol. The first-order valence-corrected chi connectivity index (χ1v) is 12.2. The average molecular weight is 481 g/mol. The van der Waals surface area contributed by atoms with Crippen molar-refractivity contribution in [3.8, 4) is 0 Å². The molecule has 0 spiro atoms. The molecule has 8 nitrogen and oxygen atoms in total. The van der Waals surface area contributed by atoms with Crippen LogP contribution < -0.4 is 0 Å². The van der Waals surface area contributed by atoms with Gasteiger partial charge in [-0.05, 0) is 63.4 Å². The summed E-state index contributed by atoms with van der Waals surface area (Å²) in [5.41, 5.74) is 1.52. The highest BCUT2D eigenvalue weighted by Gasteiger charge is 2.33. The number of hydrogen-bond acceptors (Lipinski definition) is 6. The van der Waals surface area contributed by atoms with Gasteiger partial charge in [0, 0.05) is 31.5 Å². The number of Topliss-reactive ketones (excluding diaryl/α,β-unsaturated/α-hetero) is 1. The van der Waals surface area contributed by atoms with Crippen molar-refractivity contribution in [2.45, 2.75) is 44.6 Å². The number of nitrogens with zero attached hydrogens (tertiary/aromatic N) is 2. The highest BCUT2D eigenvalue weighted by atomic mass is 32.2. The third-order valence-electron chi connectivity index (χ3n) is 5.88. The van der Waals surface area contributed by atoms with Crippen LogP contribution in [0.15, 0.2) is 29.2 Å². The summed E-state index contributed by atoms with van der Waals surface area (Å²) in [5, 5.41) is 0. The number of sulfonamides is 1. The number of aromatic nitrogens is 1. The summed E-state index contributed by atoms with van der Waals surface area (Å²) in [6, 6.07) is 4.48. The van der Waals surface area contributed by atoms with E-state index in [9.17, 15) is 22.4 Å². The fourth-order valence-electron chi connectivity index (χ4n) is 4.14. The van der Waals surface area contributed by atoms with Gasteiger partial charge < -0.3 is 14.0 Å². The summed E-state index contributed by atoms with van der Waals surface area (Å²) >= 11 is 0. The molecular weight excluding hydrogens is 451 g/mol. The lowest BCUT2D eigenvalue weighted by atomic mass is 10.1. The van der Waals surface area contributed by atoms with Crippen LogP contribution in [0.4, 0.5) is 4.39 Å². The Bertz CT molecular complexity index is 1130. The van der Waals surface area contributed by atoms with Crippen molar-refractivity contribution < 1.29 is 31.9 Å². The Hall–Kier alpha value is -2.56. The van der Waals surface area contributed by atoms with Crippen LogP contribution >= 0.6 is 0 Å². The highest BCUT2D eigenvalue weighted by molar-refractivity contribution is 7.89. The fourth-order valence-corrected chi connectivity index (χ4v) is 5.56. The van der Waals surface area contributed by atoms with E-state index in [0.29, 0.717) is 24.3 Å². The molecule has 1 aromatic carbocycles. The number of esters is 1. The molecule has 1 unspecified atom stereocenters. The third-order valence-corrected chi connectivity index (χ3v) is 7.71. The largest absolute Gasteiger partial charge is 0.461 e. The quantitative estimate of drug-likeness (QED) is 0.405. The molecule has 0 amide bonds. The summed E-state index contributed by atoms with van der Waals surface area (Å²) in [6.45, 7) is 5.32. The number of benzene rings is 1. The second-order valence-corrected chi connectivity index (χ2v) is 9.96. The van der Waals surface area contributed by atoms with E-state index in [1.54, 1.807) is 32.4 Å². The molecule has 0 saturated carbocycles. The molecule has 0 aliphatic carbocycles. The normalized spacial score (nSPS) is 16.4. The minimum Gasteiger partial charge on any atom is -0.461 e. The van der Waals surface area contributed by atoms with Crippen LogP contribution in [0.1, 0.15) is 51.9 Å². The Morgan fingerprint density at radius 2 is 1.91 bits per heavy atom. The van der Waals surface area contributed by atoms with E-state index < -0.39 is 34.1 Å². The fraction of sp³-hybridized carbons (Fsp3) is 0.478. The highest BCUT2D eigenvalue weighted by Crippen LogP contribution is 2.25. The van der Waals surface area contributed by atoms with Gasteiger partial charge in [0.2, 0.25) is 10.0 Å². The van der Waals surface area contributed by atoms with Gasteiger partial charge in [0.1, 0.15) is 11.5 Å². The van der Waals surface area contributed by atoms with Crippen molar-refractivity contribution in [1.82, 2.24) is 8.87 Å². The molecule has 33 heavy (non-hydrogen) atoms. The van der Waals surface area contributed by atoms with Crippen LogP contribution in [0.3, 0.4) is 0 Å². The SMILES string of the molecule is CCOC(=O)c1c(C)c(C(=O)CN(CC2CCCO2)S(=O)(=O)c2ccc(F)cc2)c(C)n1C. The van der Waals surface area contributed by atoms with Crippen molar-refractivity contribution in [2.24, 2.45) is 7.05 Å². The third kappa shape index (κ3) is 5.18. The Kier molecular flexibility index (Phi) is 7.71. The molecule has 1 aliphatic rings. The van der Waals surface area contributed by atoms with Gasteiger partial charge in [-0.15, -0.1) is 0 Å². The summed E-state index contributed by atoms with van der Waals surface area (Å²) in [7, 11) is -2.44. The Morgan fingerprint density at radius 3 is 2.48 bits per heavy atom. The summed E-state index contributed by atoms with van der Waals surface area (Å²) < 4.78 is 53.4. The van der Waals surface area contributed by atoms with Crippen LogP contribution in [-0.2, 0) is 26.5 Å². The first-order chi connectivity index (χ1) is 15.6. The van der Waals surface area contributed by atoms with E-state index in [0.717, 1.165) is 22.9 Å². The number of carbonyl (C=O) groups excluding carboxylic acids is 2. The summed E-state index contributed by atoms with van der Waals surface area (Å²) in [6.07, 6.45) is 1.16. The monoisotopic (exact) mass is 480 g/mol. The lowest BCUT2D eigenvalue weighted by molar-refractivity contribution is 0.0514. The van der Waals surface area contributed by atoms with Crippen molar-refractivity contribution in [3.63, 3.8) is 0 Å². The van der Waals surface area contributed by atoms with Gasteiger partial charge in [-0.1, -0.05) is 0 Å². The maximum absolute atomic E-state index is 13.4. The maximum atomic E-state index is 13.4. The molecule has 10 heteroatoms. The van der Waals surface area contributed by atoms with Crippen LogP contribution in [0, 0.1) is 19.7 Å². The molecule has 1 aliphatic heterocycles. The second kappa shape index (κ2) is 10.1. The zero-order valence-electron chi connectivity index (χ0n) is 19.3. The molecule has 0 bridgehead atoms. The minimum absolute atomic E-state index is 0.00110. The van der Waals surface area contributed by atoms with Crippen molar-refractivity contribution in [1.29, 1.82) is 0 Å². The van der Waals surface area contributed by atoms with Crippen molar-refractivity contribution in [2.75, 3.05) is 26.3 Å². The zero-order chi connectivity index (χ0) is 24.3. The van der Waals surface area contributed by atoms with E-state index in [1.165, 1.54) is 12.1 Å². The van der Waals surface area contributed by atoms with Crippen LogP contribution in [0.5, 0.6) is 0 Å². The standard InChI is InChI=1S/C23H29FN2O6S/c1-5-31-23(28)22-15(2)21(16(3)25(22)4)20(27)14-26(13-18-7-6-12-32-18)33(29,30)19-10-8-17(24)9-11-19/h8-11,18H,5-7,12-14H2,1-4H3. The summed E-state index contributed by atoms with van der Waals surface area (Å²) in [5.74, 6) is -1.55. The lowest BCUT2D eigenvalue weighted by Crippen LogP contribution is -2.41. The topological polar surface area (TPSA) is 94.9 Å². The van der Waals surface area contributed by atoms with Crippen LogP contribution in [-0.4, -0.2) is 61.4 Å². The van der Waals surface area contributed by atoms with Gasteiger partial charge in [-0.2, -0.15) is 4.31 Å². The molecule has 0 N–H and O–H groups in total. The number of rotatable bonds is 9. The lowest BCUT2D eigenvalue weighted by Gasteiger charge is -2.24. The van der Waals surface area contributed by atoms with Gasteiger partial charge >= 0.3 is 5.97 Å². The number of hydrogen-bond donors (Lipinski definition) is 0. The number of carbonyl (C=O) groups is 2. The zero-order valence-corrected chi connectivity index (χ0v) is 20.1. The van der Waals surface area contributed by atoms with E-state index >= 15 is 0 Å². The number of ketones is 1. The second-order valence-electron chi connectivity index (χ2n) is 8.02. The van der Waals surface area contributed by atoms with Crippen LogP contribution in [0.2, 0.25) is 0 Å². The van der Waals surface area contributed by atoms with E-state index in [1.807, 2.05) is 0 Å². The summed E-state index contributed by atoms with van der Waals surface area (Å²) in [4.78, 5) is 25.7. The Labute approximate surface area is 193 Å². The van der Waals surface area contributed by atoms with Crippen molar-refractivity contribution >= 4 is 21.8 Å². The van der Waals surface area contributed by atoms with E-state index in [2.05, 4.69) is 0 Å². The molecule has 180 valence electrons. The predicted octanol–water partition coefficient (Wildman–Crippen LogP) is 3.01. The van der Waals surface area contributed by atoms with Crippen LogP contribution in [0.25, 0.3) is 0 Å². The molecule has 1 fully saturated rings. The molecule has 0 radical (unpaired) electrons. The molecule has 1 atom stereocenters. The smallest absolute Gasteiger partial charge is 0.355 e. The Balaban J connectivity index is 1.96. The molecule has 1 aromatic heterocycles. The Morgan fingerprint density at radius 1 is 1.24 bits per heavy atom. The van der Waals surface area contributed by atoms with E-state index in [-0.39, 0.29) is 35.4 Å². The maximum Gasteiger partial charge on any atom is 0.355 e. The van der Waals surface area contributed by atoms with Gasteiger partial charge in [-0.25, -0.2) is 17.6 Å². The first kappa shape index (κ1) is 25.1. The van der Waals surface area contributed by atoms with Gasteiger partial charge in [0.15, 0.2) is 5.78 Å². The molecule has 2 aromatic rings. The minimum atomic E-state index is -4.09. The molecule has 1 saturated heterocycles. The average Bonchev–Trinajstić information content (AvgIpc) is 3.34. The van der Waals surface area contributed by atoms with Gasteiger partial charge in [0.25, 0.3) is 0 Å². The molecule has 2 heterocycles. The molecular formula is C23H29FN2O6S. The number of halogens is 1. The van der Waals surface area contributed by atoms with Gasteiger partial charge in [-0.3, -0.25) is 4.79 Å². The molecule has 3 rings (SSSR count). The van der Waals surface area contributed by atoms with Crippen molar-refractivity contribution in [3.05, 3.63) is 52.6 Å². The van der Waals surface area contributed by atoms with E-state index in [4.69, 9.17) is 9.47 Å². The van der Waals surface area contributed by atoms with Gasteiger partial charge in [0.05, 0.1) is 24.2 Å². The number of ether oxygens (including phenoxy) is 2. The first-order valence-electron chi connectivity index (χ1n) is 10.8.